The molecule has 4 heteroatoms. The maximum Gasteiger partial charge on any atom is 0.225 e. The Balaban J connectivity index is 2.08. The first-order chi connectivity index (χ1) is 9.88. The van der Waals surface area contributed by atoms with Gasteiger partial charge in [0, 0.05) is 5.02 Å². The molecular weight excluding hydrogens is 289 g/mol. The Labute approximate surface area is 128 Å². The summed E-state index contributed by atoms with van der Waals surface area (Å²) in [6.07, 6.45) is 0.0176. The largest absolute Gasteiger partial charge is 0.347 e. The van der Waals surface area contributed by atoms with E-state index >= 15 is 0 Å². The van der Waals surface area contributed by atoms with Gasteiger partial charge in [-0.3, -0.25) is 4.79 Å². The smallest absolute Gasteiger partial charge is 0.225 e. The third-order valence-electron chi connectivity index (χ3n) is 3.33. The number of hydrogen-bond donors (Lipinski definition) is 1. The Bertz CT molecular complexity index is 637. The average molecular weight is 306 g/mol. The molecule has 0 aromatic heterocycles. The molecule has 0 radical (unpaired) electrons. The van der Waals surface area contributed by atoms with Crippen LogP contribution in [0.3, 0.4) is 0 Å². The van der Waals surface area contributed by atoms with E-state index in [0.717, 1.165) is 5.56 Å². The summed E-state index contributed by atoms with van der Waals surface area (Å²) in [5, 5.41) is 3.56. The Morgan fingerprint density at radius 1 is 1.14 bits per heavy atom. The van der Waals surface area contributed by atoms with Crippen LogP contribution in [-0.4, -0.2) is 5.91 Å². The highest BCUT2D eigenvalue weighted by Gasteiger charge is 2.23. The molecule has 0 aliphatic rings. The molecule has 110 valence electrons. The van der Waals surface area contributed by atoms with Gasteiger partial charge in [-0.05, 0) is 43.2 Å². The van der Waals surface area contributed by atoms with E-state index in [9.17, 15) is 9.18 Å². The van der Waals surface area contributed by atoms with Crippen molar-refractivity contribution in [1.29, 1.82) is 0 Å². The minimum Gasteiger partial charge on any atom is -0.347 e. The molecule has 0 aliphatic heterocycles. The fraction of sp³-hybridized carbons (Fsp3) is 0.235. The standard InChI is InChI=1S/C17H17ClFNO/c1-17(2,13-7-9-14(18)10-8-13)20-16(21)11-12-5-3-4-6-15(12)19/h3-10H,11H2,1-2H3,(H,20,21). The summed E-state index contributed by atoms with van der Waals surface area (Å²) in [5.74, 6) is -0.586. The molecule has 1 N–H and O–H groups in total. The highest BCUT2D eigenvalue weighted by atomic mass is 35.5. The summed E-state index contributed by atoms with van der Waals surface area (Å²) in [4.78, 5) is 12.1. The molecule has 0 aliphatic carbocycles. The van der Waals surface area contributed by atoms with Crippen molar-refractivity contribution in [3.8, 4) is 0 Å². The van der Waals surface area contributed by atoms with E-state index in [4.69, 9.17) is 11.6 Å². The number of carbonyl (C=O) groups excluding carboxylic acids is 1. The molecular formula is C17H17ClFNO. The van der Waals surface area contributed by atoms with Gasteiger partial charge in [0.2, 0.25) is 5.91 Å². The highest BCUT2D eigenvalue weighted by molar-refractivity contribution is 6.30. The Morgan fingerprint density at radius 2 is 1.76 bits per heavy atom. The summed E-state index contributed by atoms with van der Waals surface area (Å²) < 4.78 is 13.6. The van der Waals surface area contributed by atoms with Crippen LogP contribution in [0, 0.1) is 5.82 Å². The van der Waals surface area contributed by atoms with Crippen LogP contribution in [0.25, 0.3) is 0 Å². The number of carbonyl (C=O) groups is 1. The first kappa shape index (κ1) is 15.5. The molecule has 21 heavy (non-hydrogen) atoms. The lowest BCUT2D eigenvalue weighted by Gasteiger charge is -2.27. The van der Waals surface area contributed by atoms with E-state index in [-0.39, 0.29) is 18.1 Å². The predicted octanol–water partition coefficient (Wildman–Crippen LogP) is 4.07. The van der Waals surface area contributed by atoms with Crippen LogP contribution in [-0.2, 0) is 16.8 Å². The van der Waals surface area contributed by atoms with E-state index in [1.165, 1.54) is 6.07 Å². The van der Waals surface area contributed by atoms with Gasteiger partial charge >= 0.3 is 0 Å². The van der Waals surface area contributed by atoms with Gasteiger partial charge in [-0.25, -0.2) is 4.39 Å². The molecule has 2 aromatic carbocycles. The zero-order chi connectivity index (χ0) is 15.5. The second-order valence-corrected chi connectivity index (χ2v) is 5.88. The minimum atomic E-state index is -0.549. The lowest BCUT2D eigenvalue weighted by molar-refractivity contribution is -0.122. The van der Waals surface area contributed by atoms with Gasteiger partial charge in [-0.2, -0.15) is 0 Å². The van der Waals surface area contributed by atoms with Crippen molar-refractivity contribution >= 4 is 17.5 Å². The average Bonchev–Trinajstić information content (AvgIpc) is 2.41. The molecule has 0 unspecified atom stereocenters. The number of nitrogens with one attached hydrogen (secondary N) is 1. The molecule has 2 aromatic rings. The van der Waals surface area contributed by atoms with Gasteiger partial charge in [0.25, 0.3) is 0 Å². The number of benzene rings is 2. The molecule has 0 bridgehead atoms. The number of rotatable bonds is 4. The van der Waals surface area contributed by atoms with Crippen molar-refractivity contribution < 1.29 is 9.18 Å². The Hall–Kier alpha value is -1.87. The summed E-state index contributed by atoms with van der Waals surface area (Å²) in [6, 6.07) is 13.6. The lowest BCUT2D eigenvalue weighted by atomic mass is 9.94. The van der Waals surface area contributed by atoms with E-state index < -0.39 is 5.54 Å². The Kier molecular flexibility index (Phi) is 4.63. The van der Waals surface area contributed by atoms with Gasteiger partial charge in [0.05, 0.1) is 12.0 Å². The number of halogens is 2. The normalized spacial score (nSPS) is 11.2. The van der Waals surface area contributed by atoms with Gasteiger partial charge in [-0.1, -0.05) is 41.9 Å². The summed E-state index contributed by atoms with van der Waals surface area (Å²) in [7, 11) is 0. The molecule has 0 saturated heterocycles. The van der Waals surface area contributed by atoms with Crippen LogP contribution in [0.4, 0.5) is 4.39 Å². The van der Waals surface area contributed by atoms with Crippen LogP contribution < -0.4 is 5.32 Å². The van der Waals surface area contributed by atoms with Gasteiger partial charge in [0.1, 0.15) is 5.82 Å². The molecule has 2 nitrogen and oxygen atoms in total. The zero-order valence-electron chi connectivity index (χ0n) is 12.0. The molecule has 0 fully saturated rings. The van der Waals surface area contributed by atoms with Crippen molar-refractivity contribution in [2.24, 2.45) is 0 Å². The Morgan fingerprint density at radius 3 is 2.38 bits per heavy atom. The second kappa shape index (κ2) is 6.27. The summed E-state index contributed by atoms with van der Waals surface area (Å²) >= 11 is 5.86. The predicted molar refractivity (Wildman–Crippen MR) is 82.7 cm³/mol. The SMILES string of the molecule is CC(C)(NC(=O)Cc1ccccc1F)c1ccc(Cl)cc1. The van der Waals surface area contributed by atoms with Crippen LogP contribution in [0.1, 0.15) is 25.0 Å². The molecule has 0 heterocycles. The maximum absolute atomic E-state index is 13.6. The second-order valence-electron chi connectivity index (χ2n) is 5.45. The quantitative estimate of drug-likeness (QED) is 0.906. The van der Waals surface area contributed by atoms with E-state index in [2.05, 4.69) is 5.32 Å². The van der Waals surface area contributed by atoms with Gasteiger partial charge < -0.3 is 5.32 Å². The van der Waals surface area contributed by atoms with Crippen molar-refractivity contribution in [3.63, 3.8) is 0 Å². The molecule has 1 amide bonds. The van der Waals surface area contributed by atoms with Crippen molar-refractivity contribution in [2.75, 3.05) is 0 Å². The lowest BCUT2D eigenvalue weighted by Crippen LogP contribution is -2.41. The molecule has 0 atom stereocenters. The highest BCUT2D eigenvalue weighted by Crippen LogP contribution is 2.22. The topological polar surface area (TPSA) is 29.1 Å². The molecule has 0 saturated carbocycles. The maximum atomic E-state index is 13.6. The summed E-state index contributed by atoms with van der Waals surface area (Å²) in [5.41, 5.74) is 0.781. The first-order valence-electron chi connectivity index (χ1n) is 6.69. The van der Waals surface area contributed by atoms with Crippen LogP contribution in [0.5, 0.6) is 0 Å². The van der Waals surface area contributed by atoms with Crippen LogP contribution in [0.2, 0.25) is 5.02 Å². The van der Waals surface area contributed by atoms with Gasteiger partial charge in [0.15, 0.2) is 0 Å². The fourth-order valence-corrected chi connectivity index (χ4v) is 2.27. The summed E-state index contributed by atoms with van der Waals surface area (Å²) in [6.45, 7) is 3.80. The van der Waals surface area contributed by atoms with Crippen LogP contribution >= 0.6 is 11.6 Å². The third-order valence-corrected chi connectivity index (χ3v) is 3.58. The van der Waals surface area contributed by atoms with E-state index in [0.29, 0.717) is 10.6 Å². The minimum absolute atomic E-state index is 0.0176. The molecule has 0 spiro atoms. The fourth-order valence-electron chi connectivity index (χ4n) is 2.15. The van der Waals surface area contributed by atoms with Crippen molar-refractivity contribution in [1.82, 2.24) is 5.32 Å². The third kappa shape index (κ3) is 4.05. The van der Waals surface area contributed by atoms with Crippen molar-refractivity contribution in [2.45, 2.75) is 25.8 Å². The number of amides is 1. The number of hydrogen-bond acceptors (Lipinski definition) is 1. The monoisotopic (exact) mass is 305 g/mol. The molecule has 2 rings (SSSR count). The van der Waals surface area contributed by atoms with Crippen molar-refractivity contribution in [3.05, 3.63) is 70.5 Å². The van der Waals surface area contributed by atoms with E-state index in [1.807, 2.05) is 26.0 Å². The van der Waals surface area contributed by atoms with E-state index in [1.54, 1.807) is 30.3 Å². The van der Waals surface area contributed by atoms with Crippen LogP contribution in [0.15, 0.2) is 48.5 Å². The van der Waals surface area contributed by atoms with Gasteiger partial charge in [-0.15, -0.1) is 0 Å². The zero-order valence-corrected chi connectivity index (χ0v) is 12.7. The first-order valence-corrected chi connectivity index (χ1v) is 7.07.